The second-order valence-corrected chi connectivity index (χ2v) is 8.23. The molecular weight excluding hydrogens is 513 g/mol. The molecule has 3 aromatic heterocycles. The van der Waals surface area contributed by atoms with Gasteiger partial charge in [-0.2, -0.15) is 18.3 Å². The van der Waals surface area contributed by atoms with Crippen LogP contribution in [-0.2, 0) is 6.18 Å². The fourth-order valence-electron chi connectivity index (χ4n) is 3.86. The Morgan fingerprint density at radius 1 is 0.872 bits per heavy atom. The van der Waals surface area contributed by atoms with Gasteiger partial charge in [0.15, 0.2) is 17.3 Å². The van der Waals surface area contributed by atoms with Gasteiger partial charge in [0, 0.05) is 23.5 Å². The Morgan fingerprint density at radius 3 is 2.36 bits per heavy atom. The van der Waals surface area contributed by atoms with Crippen LogP contribution in [-0.4, -0.2) is 41.9 Å². The lowest BCUT2D eigenvalue weighted by molar-refractivity contribution is -0.142. The van der Waals surface area contributed by atoms with Gasteiger partial charge >= 0.3 is 12.1 Å². The highest BCUT2D eigenvalue weighted by molar-refractivity contribution is 6.05. The zero-order valence-corrected chi connectivity index (χ0v) is 19.8. The Kier molecular flexibility index (Phi) is 6.59. The van der Waals surface area contributed by atoms with Gasteiger partial charge in [0.1, 0.15) is 0 Å². The van der Waals surface area contributed by atoms with Gasteiger partial charge in [0.05, 0.1) is 11.3 Å². The molecule has 0 unspecified atom stereocenters. The fourth-order valence-corrected chi connectivity index (χ4v) is 3.86. The predicted molar refractivity (Wildman–Crippen MR) is 134 cm³/mol. The van der Waals surface area contributed by atoms with Crippen molar-refractivity contribution in [3.05, 3.63) is 108 Å². The van der Waals surface area contributed by atoms with Gasteiger partial charge in [-0.1, -0.05) is 30.3 Å². The van der Waals surface area contributed by atoms with Crippen LogP contribution < -0.4 is 5.32 Å². The number of aromatic nitrogens is 5. The largest absolute Gasteiger partial charge is 0.478 e. The normalized spacial score (nSPS) is 11.3. The van der Waals surface area contributed by atoms with E-state index in [0.717, 1.165) is 6.07 Å². The van der Waals surface area contributed by atoms with Crippen molar-refractivity contribution in [2.45, 2.75) is 6.18 Å². The van der Waals surface area contributed by atoms with Crippen LogP contribution in [0, 0.1) is 0 Å². The first-order valence-electron chi connectivity index (χ1n) is 11.4. The molecule has 0 saturated carbocycles. The Labute approximate surface area is 218 Å². The lowest BCUT2D eigenvalue weighted by Crippen LogP contribution is -2.16. The summed E-state index contributed by atoms with van der Waals surface area (Å²) in [4.78, 5) is 28.3. The van der Waals surface area contributed by atoms with Crippen LogP contribution in [0.1, 0.15) is 26.4 Å². The number of halogens is 3. The van der Waals surface area contributed by atoms with Crippen molar-refractivity contribution < 1.29 is 27.9 Å². The van der Waals surface area contributed by atoms with Crippen molar-refractivity contribution in [2.24, 2.45) is 0 Å². The van der Waals surface area contributed by atoms with Crippen molar-refractivity contribution >= 4 is 17.7 Å². The number of nitrogens with one attached hydrogen (secondary N) is 1. The second kappa shape index (κ2) is 10.2. The van der Waals surface area contributed by atoms with E-state index in [1.807, 2.05) is 0 Å². The highest BCUT2D eigenvalue weighted by Gasteiger charge is 2.37. The number of rotatable bonds is 6. The summed E-state index contributed by atoms with van der Waals surface area (Å²) in [7, 11) is 0. The van der Waals surface area contributed by atoms with Gasteiger partial charge < -0.3 is 10.4 Å². The third-order valence-electron chi connectivity index (χ3n) is 5.66. The van der Waals surface area contributed by atoms with Crippen LogP contribution in [0.15, 0.2) is 91.3 Å². The molecule has 0 aliphatic rings. The van der Waals surface area contributed by atoms with Crippen molar-refractivity contribution in [1.82, 2.24) is 25.0 Å². The average molecular weight is 530 g/mol. The summed E-state index contributed by atoms with van der Waals surface area (Å²) in [6, 6.07) is 19.3. The minimum Gasteiger partial charge on any atom is -0.478 e. The first-order valence-corrected chi connectivity index (χ1v) is 11.4. The van der Waals surface area contributed by atoms with Crippen LogP contribution >= 0.6 is 0 Å². The zero-order valence-electron chi connectivity index (χ0n) is 19.8. The number of carboxylic acids is 1. The minimum atomic E-state index is -4.72. The summed E-state index contributed by atoms with van der Waals surface area (Å²) in [5.74, 6) is -1.88. The van der Waals surface area contributed by atoms with E-state index in [1.165, 1.54) is 42.7 Å². The molecule has 12 heteroatoms. The average Bonchev–Trinajstić information content (AvgIpc) is 3.40. The maximum Gasteiger partial charge on any atom is 0.433 e. The topological polar surface area (TPSA) is 123 Å². The Hall–Kier alpha value is -5.39. The van der Waals surface area contributed by atoms with E-state index < -0.39 is 23.7 Å². The molecule has 0 aliphatic heterocycles. The Morgan fingerprint density at radius 2 is 1.67 bits per heavy atom. The van der Waals surface area contributed by atoms with Gasteiger partial charge in [-0.05, 0) is 59.7 Å². The monoisotopic (exact) mass is 530 g/mol. The fraction of sp³-hybridized carbons (Fsp3) is 0.0370. The number of carboxylic acid groups (broad SMARTS) is 1. The van der Waals surface area contributed by atoms with E-state index >= 15 is 0 Å². The first kappa shape index (κ1) is 25.3. The Balaban J connectivity index is 1.39. The van der Waals surface area contributed by atoms with E-state index in [2.05, 4.69) is 25.6 Å². The molecule has 194 valence electrons. The van der Waals surface area contributed by atoms with Crippen LogP contribution in [0.4, 0.5) is 19.0 Å². The molecule has 0 atom stereocenters. The molecule has 5 aromatic rings. The number of hydrogen-bond donors (Lipinski definition) is 2. The quantitative estimate of drug-likeness (QED) is 0.303. The predicted octanol–water partition coefficient (Wildman–Crippen LogP) is 5.36. The maximum atomic E-state index is 13.7. The number of amides is 1. The van der Waals surface area contributed by atoms with Gasteiger partial charge in [-0.25, -0.2) is 9.48 Å². The highest BCUT2D eigenvalue weighted by atomic mass is 19.4. The van der Waals surface area contributed by atoms with Gasteiger partial charge in [0.2, 0.25) is 0 Å². The first-order chi connectivity index (χ1) is 18.7. The summed E-state index contributed by atoms with van der Waals surface area (Å²) >= 11 is 0. The molecular formula is C27H17F3N6O3. The molecule has 0 saturated heterocycles. The van der Waals surface area contributed by atoms with Crippen molar-refractivity contribution in [3.63, 3.8) is 0 Å². The summed E-state index contributed by atoms with van der Waals surface area (Å²) in [5.41, 5.74) is 0.654. The smallest absolute Gasteiger partial charge is 0.433 e. The number of pyridine rings is 1. The van der Waals surface area contributed by atoms with E-state index in [9.17, 15) is 27.9 Å². The molecule has 9 nitrogen and oxygen atoms in total. The zero-order chi connectivity index (χ0) is 27.6. The van der Waals surface area contributed by atoms with E-state index in [-0.39, 0.29) is 28.5 Å². The molecule has 3 heterocycles. The number of hydrogen-bond acceptors (Lipinski definition) is 6. The van der Waals surface area contributed by atoms with Crippen LogP contribution in [0.25, 0.3) is 28.2 Å². The van der Waals surface area contributed by atoms with Gasteiger partial charge in [-0.3, -0.25) is 9.78 Å². The van der Waals surface area contributed by atoms with Crippen LogP contribution in [0.2, 0.25) is 0 Å². The van der Waals surface area contributed by atoms with Crippen LogP contribution in [0.3, 0.4) is 0 Å². The number of benzene rings is 2. The molecule has 2 aromatic carbocycles. The molecule has 5 rings (SSSR count). The van der Waals surface area contributed by atoms with E-state index in [1.54, 1.807) is 42.5 Å². The third kappa shape index (κ3) is 5.34. The van der Waals surface area contributed by atoms with E-state index in [0.29, 0.717) is 21.4 Å². The summed E-state index contributed by atoms with van der Waals surface area (Å²) in [6.45, 7) is 0. The maximum absolute atomic E-state index is 13.7. The van der Waals surface area contributed by atoms with Crippen molar-refractivity contribution in [1.29, 1.82) is 0 Å². The molecule has 0 radical (unpaired) electrons. The molecule has 1 amide bonds. The molecule has 0 spiro atoms. The summed E-state index contributed by atoms with van der Waals surface area (Å²) in [5, 5.41) is 23.7. The standard InChI is InChI=1S/C27H17F3N6O3/c28-27(29,30)22-14-21(18-7-4-12-31-15-18)35-36(22)24-11-10-23(33-34-24)32-25(37)17-6-3-5-16(13-17)19-8-1-2-9-20(19)26(38)39/h1-15H,(H,38,39)(H,32,33,37). The number of aromatic carboxylic acids is 1. The number of anilines is 1. The number of carbonyl (C=O) groups is 2. The molecule has 0 bridgehead atoms. The summed E-state index contributed by atoms with van der Waals surface area (Å²) in [6.07, 6.45) is -1.83. The number of alkyl halides is 3. The van der Waals surface area contributed by atoms with Gasteiger partial charge in [0.25, 0.3) is 5.91 Å². The van der Waals surface area contributed by atoms with Crippen molar-refractivity contribution in [3.8, 4) is 28.2 Å². The SMILES string of the molecule is O=C(Nc1ccc(-n2nc(-c3cccnc3)cc2C(F)(F)F)nn1)c1cccc(-c2ccccc2C(=O)O)c1. The highest BCUT2D eigenvalue weighted by Crippen LogP contribution is 2.33. The minimum absolute atomic E-state index is 0.00622. The molecule has 0 aliphatic carbocycles. The molecule has 39 heavy (non-hydrogen) atoms. The second-order valence-electron chi connectivity index (χ2n) is 8.23. The number of carbonyl (C=O) groups excluding carboxylic acids is 1. The molecule has 2 N–H and O–H groups in total. The third-order valence-corrected chi connectivity index (χ3v) is 5.66. The van der Waals surface area contributed by atoms with Crippen LogP contribution in [0.5, 0.6) is 0 Å². The number of nitrogens with zero attached hydrogens (tertiary/aromatic N) is 5. The van der Waals surface area contributed by atoms with Gasteiger partial charge in [-0.15, -0.1) is 10.2 Å². The lowest BCUT2D eigenvalue weighted by atomic mass is 9.98. The lowest BCUT2D eigenvalue weighted by Gasteiger charge is -2.10. The van der Waals surface area contributed by atoms with Crippen molar-refractivity contribution in [2.75, 3.05) is 5.32 Å². The summed E-state index contributed by atoms with van der Waals surface area (Å²) < 4.78 is 41.8. The molecule has 0 fully saturated rings. The Bertz CT molecular complexity index is 1670. The van der Waals surface area contributed by atoms with E-state index in [4.69, 9.17) is 0 Å².